The Kier molecular flexibility index (Phi) is 7.83. The molecule has 9 heteroatoms. The number of halogens is 3. The molecule has 0 bridgehead atoms. The molecule has 0 aromatic heterocycles. The van der Waals surface area contributed by atoms with Crippen molar-refractivity contribution in [3.63, 3.8) is 0 Å². The first kappa shape index (κ1) is 20.2. The predicted molar refractivity (Wildman–Crippen MR) is 86.4 cm³/mol. The minimum absolute atomic E-state index is 0.0210. The van der Waals surface area contributed by atoms with Crippen molar-refractivity contribution in [3.8, 4) is 17.2 Å². The van der Waals surface area contributed by atoms with E-state index in [-0.39, 0.29) is 25.7 Å². The number of benzene rings is 1. The number of carbonyl (C=O) groups is 1. The Balaban J connectivity index is 1.51. The Morgan fingerprint density at radius 1 is 1.12 bits per heavy atom. The summed E-state index contributed by atoms with van der Waals surface area (Å²) in [5.74, 6) is 1.63. The highest BCUT2D eigenvalue weighted by atomic mass is 19.4. The van der Waals surface area contributed by atoms with Crippen LogP contribution in [0.15, 0.2) is 18.2 Å². The second-order valence-electron chi connectivity index (χ2n) is 5.67. The molecule has 1 amide bonds. The third-order valence-corrected chi connectivity index (χ3v) is 3.48. The Morgan fingerprint density at radius 2 is 1.88 bits per heavy atom. The van der Waals surface area contributed by atoms with E-state index >= 15 is 0 Å². The van der Waals surface area contributed by atoms with E-state index in [1.807, 2.05) is 0 Å². The Morgan fingerprint density at radius 3 is 2.65 bits per heavy atom. The van der Waals surface area contributed by atoms with Gasteiger partial charge in [-0.1, -0.05) is 6.42 Å². The number of rotatable bonds is 10. The standard InChI is InChI=1S/C17H22F3NO5/c18-17(19,20)11-23-7-3-1-2-4-16(22)21-12-26-13-5-6-14-15(10-13)25-9-8-24-14/h5-6,10H,1-4,7-9,11-12H2,(H,21,22). The van der Waals surface area contributed by atoms with Crippen molar-refractivity contribution in [1.82, 2.24) is 5.32 Å². The van der Waals surface area contributed by atoms with Crippen LogP contribution in [-0.2, 0) is 9.53 Å². The summed E-state index contributed by atoms with van der Waals surface area (Å²) < 4.78 is 56.3. The normalized spacial score (nSPS) is 13.3. The van der Waals surface area contributed by atoms with Crippen LogP contribution in [0.1, 0.15) is 25.7 Å². The molecule has 0 fully saturated rings. The molecule has 146 valence electrons. The second kappa shape index (κ2) is 10.1. The van der Waals surface area contributed by atoms with Crippen molar-refractivity contribution < 1.29 is 36.9 Å². The fourth-order valence-electron chi connectivity index (χ4n) is 2.26. The Labute approximate surface area is 149 Å². The zero-order valence-electron chi connectivity index (χ0n) is 14.3. The average Bonchev–Trinajstić information content (AvgIpc) is 2.60. The first-order valence-electron chi connectivity index (χ1n) is 8.38. The average molecular weight is 377 g/mol. The number of unbranched alkanes of at least 4 members (excludes halogenated alkanes) is 2. The highest BCUT2D eigenvalue weighted by molar-refractivity contribution is 5.75. The number of hydrogen-bond donors (Lipinski definition) is 1. The van der Waals surface area contributed by atoms with E-state index in [0.717, 1.165) is 0 Å². The molecule has 6 nitrogen and oxygen atoms in total. The molecular weight excluding hydrogens is 355 g/mol. The van der Waals surface area contributed by atoms with Crippen LogP contribution >= 0.6 is 0 Å². The van der Waals surface area contributed by atoms with Gasteiger partial charge in [0.25, 0.3) is 0 Å². The zero-order chi connectivity index (χ0) is 18.8. The monoisotopic (exact) mass is 377 g/mol. The third kappa shape index (κ3) is 7.81. The molecule has 2 rings (SSSR count). The van der Waals surface area contributed by atoms with Crippen molar-refractivity contribution in [2.75, 3.05) is 33.2 Å². The van der Waals surface area contributed by atoms with Gasteiger partial charge in [0.05, 0.1) is 0 Å². The summed E-state index contributed by atoms with van der Waals surface area (Å²) in [5, 5.41) is 2.62. The molecular formula is C17H22F3NO5. The number of alkyl halides is 3. The molecule has 0 saturated heterocycles. The van der Waals surface area contributed by atoms with Gasteiger partial charge in [0.2, 0.25) is 5.91 Å². The lowest BCUT2D eigenvalue weighted by Crippen LogP contribution is -2.27. The fourth-order valence-corrected chi connectivity index (χ4v) is 2.26. The lowest BCUT2D eigenvalue weighted by atomic mass is 10.2. The molecule has 1 aromatic rings. The summed E-state index contributed by atoms with van der Waals surface area (Å²) in [4.78, 5) is 11.7. The number of nitrogens with one attached hydrogen (secondary N) is 1. The number of ether oxygens (including phenoxy) is 4. The van der Waals surface area contributed by atoms with Crippen LogP contribution in [0.25, 0.3) is 0 Å². The Bertz CT molecular complexity index is 580. The van der Waals surface area contributed by atoms with Crippen LogP contribution in [0.4, 0.5) is 13.2 Å². The van der Waals surface area contributed by atoms with Gasteiger partial charge < -0.3 is 24.3 Å². The molecule has 1 aromatic carbocycles. The molecule has 1 aliphatic heterocycles. The van der Waals surface area contributed by atoms with Crippen molar-refractivity contribution >= 4 is 5.91 Å². The summed E-state index contributed by atoms with van der Waals surface area (Å²) >= 11 is 0. The van der Waals surface area contributed by atoms with Crippen LogP contribution in [0, 0.1) is 0 Å². The van der Waals surface area contributed by atoms with E-state index < -0.39 is 12.8 Å². The molecule has 26 heavy (non-hydrogen) atoms. The quantitative estimate of drug-likeness (QED) is 0.502. The molecule has 0 spiro atoms. The fraction of sp³-hybridized carbons (Fsp3) is 0.588. The van der Waals surface area contributed by atoms with Gasteiger partial charge >= 0.3 is 6.18 Å². The summed E-state index contributed by atoms with van der Waals surface area (Å²) in [5.41, 5.74) is 0. The van der Waals surface area contributed by atoms with E-state index in [1.165, 1.54) is 0 Å². The third-order valence-electron chi connectivity index (χ3n) is 3.48. The topological polar surface area (TPSA) is 66.0 Å². The molecule has 1 N–H and O–H groups in total. The van der Waals surface area contributed by atoms with Gasteiger partial charge in [0.15, 0.2) is 18.2 Å². The van der Waals surface area contributed by atoms with Crippen molar-refractivity contribution in [1.29, 1.82) is 0 Å². The molecule has 0 saturated carbocycles. The smallest absolute Gasteiger partial charge is 0.411 e. The Hall–Kier alpha value is -2.16. The van der Waals surface area contributed by atoms with E-state index in [2.05, 4.69) is 10.1 Å². The molecule has 1 aliphatic rings. The maximum atomic E-state index is 11.9. The first-order chi connectivity index (χ1) is 12.4. The van der Waals surface area contributed by atoms with E-state index in [1.54, 1.807) is 18.2 Å². The largest absolute Gasteiger partial charge is 0.486 e. The molecule has 0 aliphatic carbocycles. The van der Waals surface area contributed by atoms with Gasteiger partial charge in [0.1, 0.15) is 25.6 Å². The highest BCUT2D eigenvalue weighted by Crippen LogP contribution is 2.33. The zero-order valence-corrected chi connectivity index (χ0v) is 14.3. The lowest BCUT2D eigenvalue weighted by molar-refractivity contribution is -0.174. The van der Waals surface area contributed by atoms with Crippen molar-refractivity contribution in [3.05, 3.63) is 18.2 Å². The summed E-state index contributed by atoms with van der Waals surface area (Å²) in [6.45, 7) is -0.182. The number of amides is 1. The van der Waals surface area contributed by atoms with E-state index in [0.29, 0.717) is 49.7 Å². The van der Waals surface area contributed by atoms with Crippen LogP contribution in [0.5, 0.6) is 17.2 Å². The molecule has 0 unspecified atom stereocenters. The van der Waals surface area contributed by atoms with E-state index in [4.69, 9.17) is 14.2 Å². The maximum absolute atomic E-state index is 11.9. The number of hydrogen-bond acceptors (Lipinski definition) is 5. The summed E-state index contributed by atoms with van der Waals surface area (Å²) in [6.07, 6.45) is -2.34. The molecule has 0 atom stereocenters. The van der Waals surface area contributed by atoms with Gasteiger partial charge in [-0.25, -0.2) is 0 Å². The number of fused-ring (bicyclic) bond motifs is 1. The first-order valence-corrected chi connectivity index (χ1v) is 8.38. The van der Waals surface area contributed by atoms with Gasteiger partial charge in [-0.3, -0.25) is 4.79 Å². The maximum Gasteiger partial charge on any atom is 0.411 e. The number of carbonyl (C=O) groups excluding carboxylic acids is 1. The predicted octanol–water partition coefficient (Wildman–Crippen LogP) is 3.05. The molecule has 0 radical (unpaired) electrons. The minimum Gasteiger partial charge on any atom is -0.486 e. The van der Waals surface area contributed by atoms with Crippen LogP contribution < -0.4 is 19.5 Å². The van der Waals surface area contributed by atoms with Gasteiger partial charge in [-0.15, -0.1) is 0 Å². The van der Waals surface area contributed by atoms with Crippen molar-refractivity contribution in [2.45, 2.75) is 31.9 Å². The van der Waals surface area contributed by atoms with E-state index in [9.17, 15) is 18.0 Å². The lowest BCUT2D eigenvalue weighted by Gasteiger charge is -2.19. The highest BCUT2D eigenvalue weighted by Gasteiger charge is 2.27. The minimum atomic E-state index is -4.29. The van der Waals surface area contributed by atoms with Gasteiger partial charge in [-0.2, -0.15) is 13.2 Å². The molecule has 1 heterocycles. The van der Waals surface area contributed by atoms with Crippen LogP contribution in [0.2, 0.25) is 0 Å². The van der Waals surface area contributed by atoms with Gasteiger partial charge in [0, 0.05) is 19.1 Å². The summed E-state index contributed by atoms with van der Waals surface area (Å²) in [6, 6.07) is 5.16. The second-order valence-corrected chi connectivity index (χ2v) is 5.67. The van der Waals surface area contributed by atoms with Crippen LogP contribution in [-0.4, -0.2) is 45.2 Å². The SMILES string of the molecule is O=C(CCCCCOCC(F)(F)F)NCOc1ccc2c(c1)OCCO2. The van der Waals surface area contributed by atoms with Gasteiger partial charge in [-0.05, 0) is 25.0 Å². The van der Waals surface area contributed by atoms with Crippen LogP contribution in [0.3, 0.4) is 0 Å². The summed E-state index contributed by atoms with van der Waals surface area (Å²) in [7, 11) is 0. The van der Waals surface area contributed by atoms with Crippen molar-refractivity contribution in [2.24, 2.45) is 0 Å².